The Morgan fingerprint density at radius 3 is 2.40 bits per heavy atom. The van der Waals surface area contributed by atoms with Crippen molar-refractivity contribution in [2.45, 2.75) is 24.4 Å². The number of methoxy groups -OCH3 is 1. The van der Waals surface area contributed by atoms with Gasteiger partial charge in [0, 0.05) is 11.6 Å². The number of carbonyl (C=O) groups excluding carboxylic acids is 1. The largest absolute Gasteiger partial charge is 0.497 e. The molecule has 1 amide bonds. The molecule has 2 rings (SSSR count). The predicted octanol–water partition coefficient (Wildman–Crippen LogP) is 2.33. The van der Waals surface area contributed by atoms with Crippen LogP contribution in [0.25, 0.3) is 0 Å². The first-order valence-electron chi connectivity index (χ1n) is 7.51. The van der Waals surface area contributed by atoms with Crippen LogP contribution in [0.4, 0.5) is 0 Å². The van der Waals surface area contributed by atoms with Gasteiger partial charge in [-0.05, 0) is 42.8 Å². The van der Waals surface area contributed by atoms with Crippen molar-refractivity contribution in [1.29, 1.82) is 0 Å². The summed E-state index contributed by atoms with van der Waals surface area (Å²) >= 11 is 6.03. The highest BCUT2D eigenvalue weighted by atomic mass is 35.5. The Morgan fingerprint density at radius 2 is 1.80 bits per heavy atom. The molecule has 2 aromatic rings. The molecule has 0 aliphatic heterocycles. The van der Waals surface area contributed by atoms with E-state index >= 15 is 0 Å². The molecule has 25 heavy (non-hydrogen) atoms. The Hall–Kier alpha value is -2.09. The fraction of sp³-hybridized carbons (Fsp3) is 0.235. The van der Waals surface area contributed by atoms with Crippen LogP contribution in [0, 0.1) is 0 Å². The Balaban J connectivity index is 1.98. The summed E-state index contributed by atoms with van der Waals surface area (Å²) in [5, 5.41) is 3.20. The summed E-state index contributed by atoms with van der Waals surface area (Å²) in [6.07, 6.45) is 0. The lowest BCUT2D eigenvalue weighted by Gasteiger charge is -2.15. The first-order valence-corrected chi connectivity index (χ1v) is 9.37. The molecule has 0 aliphatic carbocycles. The van der Waals surface area contributed by atoms with E-state index in [1.807, 2.05) is 6.07 Å². The Labute approximate surface area is 152 Å². The predicted molar refractivity (Wildman–Crippen MR) is 96.1 cm³/mol. The summed E-state index contributed by atoms with van der Waals surface area (Å²) in [7, 11) is -2.32. The first kappa shape index (κ1) is 19.2. The summed E-state index contributed by atoms with van der Waals surface area (Å²) in [6, 6.07) is 12.1. The number of nitrogens with one attached hydrogen (secondary N) is 2. The van der Waals surface area contributed by atoms with E-state index in [1.165, 1.54) is 38.3 Å². The zero-order valence-electron chi connectivity index (χ0n) is 13.8. The second-order valence-electron chi connectivity index (χ2n) is 5.33. The number of halogens is 1. The van der Waals surface area contributed by atoms with E-state index in [0.717, 1.165) is 5.56 Å². The number of carbonyl (C=O) groups is 1. The van der Waals surface area contributed by atoms with Gasteiger partial charge in [0.15, 0.2) is 0 Å². The molecule has 0 aromatic heterocycles. The van der Waals surface area contributed by atoms with Gasteiger partial charge in [-0.25, -0.2) is 8.42 Å². The summed E-state index contributed by atoms with van der Waals surface area (Å²) in [4.78, 5) is 12.2. The van der Waals surface area contributed by atoms with Crippen molar-refractivity contribution in [2.75, 3.05) is 7.11 Å². The molecule has 0 aliphatic rings. The Bertz CT molecular complexity index is 838. The van der Waals surface area contributed by atoms with E-state index in [9.17, 15) is 13.2 Å². The third-order valence-electron chi connectivity index (χ3n) is 3.51. The number of hydrogen-bond acceptors (Lipinski definition) is 4. The van der Waals surface area contributed by atoms with Crippen molar-refractivity contribution in [1.82, 2.24) is 10.0 Å². The molecule has 1 atom stereocenters. The van der Waals surface area contributed by atoms with Crippen LogP contribution in [0.2, 0.25) is 5.02 Å². The molecule has 0 spiro atoms. The van der Waals surface area contributed by atoms with Gasteiger partial charge in [0.1, 0.15) is 5.75 Å². The van der Waals surface area contributed by atoms with Crippen molar-refractivity contribution in [3.8, 4) is 5.75 Å². The molecule has 1 unspecified atom stereocenters. The van der Waals surface area contributed by atoms with Crippen LogP contribution in [-0.4, -0.2) is 27.5 Å². The number of amides is 1. The normalized spacial score (nSPS) is 12.4. The average Bonchev–Trinajstić information content (AvgIpc) is 2.60. The monoisotopic (exact) mass is 382 g/mol. The lowest BCUT2D eigenvalue weighted by Crippen LogP contribution is -2.44. The summed E-state index contributed by atoms with van der Waals surface area (Å²) < 4.78 is 32.0. The minimum absolute atomic E-state index is 0.0547. The molecule has 2 N–H and O–H groups in total. The smallest absolute Gasteiger partial charge is 0.241 e. The second kappa shape index (κ2) is 8.33. The van der Waals surface area contributed by atoms with Crippen molar-refractivity contribution >= 4 is 27.5 Å². The number of sulfonamides is 1. The molecule has 0 bridgehead atoms. The number of hydrogen-bond donors (Lipinski definition) is 2. The maximum atomic E-state index is 12.3. The quantitative estimate of drug-likeness (QED) is 0.769. The fourth-order valence-electron chi connectivity index (χ4n) is 2.09. The zero-order chi connectivity index (χ0) is 18.4. The van der Waals surface area contributed by atoms with Gasteiger partial charge in [0.05, 0.1) is 18.0 Å². The highest BCUT2D eigenvalue weighted by Gasteiger charge is 2.22. The van der Waals surface area contributed by atoms with E-state index in [0.29, 0.717) is 10.8 Å². The number of ether oxygens (including phenoxy) is 1. The molecule has 134 valence electrons. The van der Waals surface area contributed by atoms with Crippen LogP contribution in [-0.2, 0) is 21.4 Å². The van der Waals surface area contributed by atoms with Crippen LogP contribution in [0.3, 0.4) is 0 Å². The van der Waals surface area contributed by atoms with Gasteiger partial charge >= 0.3 is 0 Å². The summed E-state index contributed by atoms with van der Waals surface area (Å²) in [6.45, 7) is 1.69. The molecular formula is C17H19ClN2O4S. The highest BCUT2D eigenvalue weighted by molar-refractivity contribution is 7.89. The minimum atomic E-state index is -3.81. The lowest BCUT2D eigenvalue weighted by molar-refractivity contribution is -0.122. The van der Waals surface area contributed by atoms with Crippen LogP contribution in [0.1, 0.15) is 12.5 Å². The zero-order valence-corrected chi connectivity index (χ0v) is 15.4. The average molecular weight is 383 g/mol. The molecule has 0 saturated carbocycles. The van der Waals surface area contributed by atoms with Crippen molar-refractivity contribution in [2.24, 2.45) is 0 Å². The fourth-order valence-corrected chi connectivity index (χ4v) is 3.49. The van der Waals surface area contributed by atoms with E-state index < -0.39 is 22.0 Å². The minimum Gasteiger partial charge on any atom is -0.497 e. The SMILES string of the molecule is COc1ccc(S(=O)(=O)NC(C)C(=O)NCc2ccccc2Cl)cc1. The summed E-state index contributed by atoms with van der Waals surface area (Å²) in [5.41, 5.74) is 0.753. The molecular weight excluding hydrogens is 364 g/mol. The maximum Gasteiger partial charge on any atom is 0.241 e. The molecule has 0 heterocycles. The van der Waals surface area contributed by atoms with Crippen molar-refractivity contribution in [3.05, 3.63) is 59.1 Å². The van der Waals surface area contributed by atoms with Gasteiger partial charge in [0.2, 0.25) is 15.9 Å². The van der Waals surface area contributed by atoms with Crippen LogP contribution in [0.15, 0.2) is 53.4 Å². The van der Waals surface area contributed by atoms with E-state index in [-0.39, 0.29) is 11.4 Å². The van der Waals surface area contributed by atoms with E-state index in [1.54, 1.807) is 18.2 Å². The van der Waals surface area contributed by atoms with Crippen LogP contribution < -0.4 is 14.8 Å². The third-order valence-corrected chi connectivity index (χ3v) is 5.43. The van der Waals surface area contributed by atoms with E-state index in [4.69, 9.17) is 16.3 Å². The summed E-state index contributed by atoms with van der Waals surface area (Å²) in [5.74, 6) is 0.0986. The molecule has 2 aromatic carbocycles. The van der Waals surface area contributed by atoms with Gasteiger partial charge in [0.25, 0.3) is 0 Å². The van der Waals surface area contributed by atoms with Crippen molar-refractivity contribution in [3.63, 3.8) is 0 Å². The van der Waals surface area contributed by atoms with Crippen molar-refractivity contribution < 1.29 is 17.9 Å². The Morgan fingerprint density at radius 1 is 1.16 bits per heavy atom. The Kier molecular flexibility index (Phi) is 6.41. The lowest BCUT2D eigenvalue weighted by atomic mass is 10.2. The second-order valence-corrected chi connectivity index (χ2v) is 7.45. The molecule has 6 nitrogen and oxygen atoms in total. The van der Waals surface area contributed by atoms with Gasteiger partial charge in [-0.15, -0.1) is 0 Å². The molecule has 0 saturated heterocycles. The first-order chi connectivity index (χ1) is 11.8. The molecule has 0 fully saturated rings. The van der Waals surface area contributed by atoms with Gasteiger partial charge in [-0.3, -0.25) is 4.79 Å². The van der Waals surface area contributed by atoms with E-state index in [2.05, 4.69) is 10.0 Å². The standard InChI is InChI=1S/C17H19ClN2O4S/c1-12(17(21)19-11-13-5-3-4-6-16(13)18)20-25(22,23)15-9-7-14(24-2)8-10-15/h3-10,12,20H,11H2,1-2H3,(H,19,21). The third kappa shape index (κ3) is 5.19. The van der Waals surface area contributed by atoms with Crippen LogP contribution >= 0.6 is 11.6 Å². The number of rotatable bonds is 7. The van der Waals surface area contributed by atoms with Gasteiger partial charge in [-0.1, -0.05) is 29.8 Å². The maximum absolute atomic E-state index is 12.3. The van der Waals surface area contributed by atoms with Gasteiger partial charge in [-0.2, -0.15) is 4.72 Å². The molecule has 0 radical (unpaired) electrons. The topological polar surface area (TPSA) is 84.5 Å². The van der Waals surface area contributed by atoms with Gasteiger partial charge < -0.3 is 10.1 Å². The molecule has 8 heteroatoms. The number of benzene rings is 2. The van der Waals surface area contributed by atoms with Crippen LogP contribution in [0.5, 0.6) is 5.75 Å². The highest BCUT2D eigenvalue weighted by Crippen LogP contribution is 2.16.